The summed E-state index contributed by atoms with van der Waals surface area (Å²) in [5.41, 5.74) is 3.33. The predicted octanol–water partition coefficient (Wildman–Crippen LogP) is 3.99. The van der Waals surface area contributed by atoms with Gasteiger partial charge in [0.1, 0.15) is 6.10 Å². The van der Waals surface area contributed by atoms with Gasteiger partial charge in [-0.05, 0) is 22.8 Å². The van der Waals surface area contributed by atoms with E-state index in [0.717, 1.165) is 16.7 Å². The normalized spacial score (nSPS) is 17.1. The molecule has 0 aliphatic carbocycles. The quantitative estimate of drug-likeness (QED) is 0.847. The molecule has 0 spiro atoms. The Balaban J connectivity index is 2.01. The molecule has 21 heavy (non-hydrogen) atoms. The van der Waals surface area contributed by atoms with Crippen LogP contribution in [0.3, 0.4) is 0 Å². The fraction of sp³-hybridized carbons (Fsp3) is 0.105. The number of ether oxygens (including phenoxy) is 1. The maximum Gasteiger partial charge on any atom is 0.162 e. The summed E-state index contributed by atoms with van der Waals surface area (Å²) in [6.07, 6.45) is 5.18. The molecule has 0 bridgehead atoms. The molecule has 2 aromatic rings. The minimum absolute atomic E-state index is 0.1000. The van der Waals surface area contributed by atoms with E-state index in [2.05, 4.69) is 24.3 Å². The van der Waals surface area contributed by atoms with Gasteiger partial charge in [-0.2, -0.15) is 0 Å². The average Bonchev–Trinajstić information content (AvgIpc) is 2.54. The van der Waals surface area contributed by atoms with Crippen molar-refractivity contribution in [1.82, 2.24) is 0 Å². The van der Waals surface area contributed by atoms with Gasteiger partial charge in [0.25, 0.3) is 0 Å². The van der Waals surface area contributed by atoms with E-state index in [1.807, 2.05) is 42.5 Å². The Labute approximate surface area is 124 Å². The van der Waals surface area contributed by atoms with Gasteiger partial charge in [-0.15, -0.1) is 0 Å². The van der Waals surface area contributed by atoms with E-state index in [9.17, 15) is 4.79 Å². The lowest BCUT2D eigenvalue weighted by Gasteiger charge is -2.17. The van der Waals surface area contributed by atoms with Crippen molar-refractivity contribution in [3.05, 3.63) is 90.2 Å². The van der Waals surface area contributed by atoms with Crippen LogP contribution in [0.5, 0.6) is 0 Å². The second-order valence-electron chi connectivity index (χ2n) is 4.96. The molecule has 0 unspecified atom stereocenters. The van der Waals surface area contributed by atoms with Crippen LogP contribution in [0.2, 0.25) is 0 Å². The molecular formula is C19H16O2. The molecule has 104 valence electrons. The van der Waals surface area contributed by atoms with Crippen molar-refractivity contribution >= 4 is 11.4 Å². The van der Waals surface area contributed by atoms with E-state index in [1.165, 1.54) is 12.3 Å². The van der Waals surface area contributed by atoms with Gasteiger partial charge in [-0.25, -0.2) is 0 Å². The molecule has 0 amide bonds. The molecule has 3 rings (SSSR count). The first-order chi connectivity index (χ1) is 10.3. The van der Waals surface area contributed by atoms with Gasteiger partial charge >= 0.3 is 0 Å². The minimum atomic E-state index is -0.210. The molecule has 2 heteroatoms. The molecule has 0 aromatic heterocycles. The molecule has 1 aliphatic heterocycles. The van der Waals surface area contributed by atoms with Crippen molar-refractivity contribution in [3.63, 3.8) is 0 Å². The Bertz CT molecular complexity index is 628. The van der Waals surface area contributed by atoms with Crippen LogP contribution in [0.25, 0.3) is 5.57 Å². The number of rotatable bonds is 3. The van der Waals surface area contributed by atoms with Crippen LogP contribution in [-0.2, 0) is 9.53 Å². The SMILES string of the molecule is O=C1C=CO[C@H](C=C(c2ccccc2)c2ccccc2)C1. The smallest absolute Gasteiger partial charge is 0.162 e. The molecule has 2 nitrogen and oxygen atoms in total. The molecule has 0 radical (unpaired) electrons. The highest BCUT2D eigenvalue weighted by atomic mass is 16.5. The van der Waals surface area contributed by atoms with Crippen molar-refractivity contribution < 1.29 is 9.53 Å². The summed E-state index contributed by atoms with van der Waals surface area (Å²) in [6, 6.07) is 20.3. The monoisotopic (exact) mass is 276 g/mol. The molecule has 2 aromatic carbocycles. The largest absolute Gasteiger partial charge is 0.493 e. The second-order valence-corrected chi connectivity index (χ2v) is 4.96. The third-order valence-electron chi connectivity index (χ3n) is 3.43. The number of carbonyl (C=O) groups excluding carboxylic acids is 1. The van der Waals surface area contributed by atoms with Crippen LogP contribution in [0.1, 0.15) is 17.5 Å². The summed E-state index contributed by atoms with van der Waals surface area (Å²) >= 11 is 0. The first kappa shape index (κ1) is 13.4. The Morgan fingerprint density at radius 2 is 1.52 bits per heavy atom. The standard InChI is InChI=1S/C19H16O2/c20-17-11-12-21-18(13-17)14-19(15-7-3-1-4-8-15)16-9-5-2-6-10-16/h1-12,14,18H,13H2/t18-/m0/s1. The zero-order chi connectivity index (χ0) is 14.5. The molecule has 1 heterocycles. The molecule has 1 aliphatic rings. The number of carbonyl (C=O) groups is 1. The predicted molar refractivity (Wildman–Crippen MR) is 83.6 cm³/mol. The number of hydrogen-bond acceptors (Lipinski definition) is 2. The van der Waals surface area contributed by atoms with E-state index in [4.69, 9.17) is 4.74 Å². The molecular weight excluding hydrogens is 260 g/mol. The van der Waals surface area contributed by atoms with Crippen LogP contribution in [-0.4, -0.2) is 11.9 Å². The van der Waals surface area contributed by atoms with Crippen LogP contribution in [0.15, 0.2) is 79.1 Å². The van der Waals surface area contributed by atoms with Crippen LogP contribution >= 0.6 is 0 Å². The van der Waals surface area contributed by atoms with Gasteiger partial charge < -0.3 is 4.74 Å². The Kier molecular flexibility index (Phi) is 3.97. The van der Waals surface area contributed by atoms with E-state index in [0.29, 0.717) is 6.42 Å². The topological polar surface area (TPSA) is 26.3 Å². The van der Waals surface area contributed by atoms with Gasteiger partial charge in [-0.1, -0.05) is 60.7 Å². The lowest BCUT2D eigenvalue weighted by molar-refractivity contribution is -0.117. The molecule has 0 saturated heterocycles. The second kappa shape index (κ2) is 6.23. The summed E-state index contributed by atoms with van der Waals surface area (Å²) in [6.45, 7) is 0. The van der Waals surface area contributed by atoms with E-state index in [1.54, 1.807) is 0 Å². The summed E-state index contributed by atoms with van der Waals surface area (Å²) in [7, 11) is 0. The molecule has 0 saturated carbocycles. The van der Waals surface area contributed by atoms with E-state index >= 15 is 0 Å². The van der Waals surface area contributed by atoms with Gasteiger partial charge in [0, 0.05) is 6.08 Å². The zero-order valence-electron chi connectivity index (χ0n) is 11.6. The Morgan fingerprint density at radius 1 is 0.952 bits per heavy atom. The number of ketones is 1. The lowest BCUT2D eigenvalue weighted by atomic mass is 9.95. The van der Waals surface area contributed by atoms with Crippen molar-refractivity contribution in [2.75, 3.05) is 0 Å². The highest BCUT2D eigenvalue weighted by Crippen LogP contribution is 2.25. The average molecular weight is 276 g/mol. The highest BCUT2D eigenvalue weighted by Gasteiger charge is 2.16. The minimum Gasteiger partial charge on any atom is -0.493 e. The van der Waals surface area contributed by atoms with Crippen molar-refractivity contribution in [2.24, 2.45) is 0 Å². The van der Waals surface area contributed by atoms with Crippen molar-refractivity contribution in [1.29, 1.82) is 0 Å². The lowest BCUT2D eigenvalue weighted by Crippen LogP contribution is -2.16. The molecule has 0 fully saturated rings. The summed E-state index contributed by atoms with van der Waals surface area (Å²) in [4.78, 5) is 11.5. The van der Waals surface area contributed by atoms with Crippen molar-refractivity contribution in [2.45, 2.75) is 12.5 Å². The van der Waals surface area contributed by atoms with Gasteiger partial charge in [0.2, 0.25) is 0 Å². The van der Waals surface area contributed by atoms with Gasteiger partial charge in [0.15, 0.2) is 5.78 Å². The third-order valence-corrected chi connectivity index (χ3v) is 3.43. The third kappa shape index (κ3) is 3.29. The Morgan fingerprint density at radius 3 is 2.05 bits per heavy atom. The van der Waals surface area contributed by atoms with Crippen molar-refractivity contribution in [3.8, 4) is 0 Å². The fourth-order valence-corrected chi connectivity index (χ4v) is 2.41. The summed E-state index contributed by atoms with van der Waals surface area (Å²) in [5.74, 6) is 0.1000. The summed E-state index contributed by atoms with van der Waals surface area (Å²) in [5, 5.41) is 0. The number of benzene rings is 2. The highest BCUT2D eigenvalue weighted by molar-refractivity contribution is 5.91. The van der Waals surface area contributed by atoms with Crippen LogP contribution < -0.4 is 0 Å². The zero-order valence-corrected chi connectivity index (χ0v) is 11.6. The Hall–Kier alpha value is -2.61. The fourth-order valence-electron chi connectivity index (χ4n) is 2.41. The maximum absolute atomic E-state index is 11.5. The van der Waals surface area contributed by atoms with E-state index in [-0.39, 0.29) is 11.9 Å². The number of allylic oxidation sites excluding steroid dienone is 1. The summed E-state index contributed by atoms with van der Waals surface area (Å²) < 4.78 is 5.54. The van der Waals surface area contributed by atoms with Gasteiger partial charge in [0.05, 0.1) is 12.7 Å². The van der Waals surface area contributed by atoms with Gasteiger partial charge in [-0.3, -0.25) is 4.79 Å². The molecule has 0 N–H and O–H groups in total. The van der Waals surface area contributed by atoms with Crippen LogP contribution in [0.4, 0.5) is 0 Å². The first-order valence-corrected chi connectivity index (χ1v) is 7.00. The first-order valence-electron chi connectivity index (χ1n) is 7.00. The van der Waals surface area contributed by atoms with E-state index < -0.39 is 0 Å². The maximum atomic E-state index is 11.5. The number of hydrogen-bond donors (Lipinski definition) is 0. The van der Waals surface area contributed by atoms with Crippen LogP contribution in [0, 0.1) is 0 Å². The molecule has 1 atom stereocenters.